The molecule has 1 amide bonds. The van der Waals surface area contributed by atoms with Gasteiger partial charge in [0.2, 0.25) is 5.91 Å². The number of amides is 1. The number of halogens is 1. The van der Waals surface area contributed by atoms with Gasteiger partial charge in [0.15, 0.2) is 0 Å². The van der Waals surface area contributed by atoms with Gasteiger partial charge in [0, 0.05) is 12.6 Å². The molecule has 0 aliphatic heterocycles. The van der Waals surface area contributed by atoms with E-state index < -0.39 is 4.92 Å². The highest BCUT2D eigenvalue weighted by Crippen LogP contribution is 2.65. The molecule has 0 radical (unpaired) electrons. The molecule has 4 aliphatic rings. The van der Waals surface area contributed by atoms with Crippen molar-refractivity contribution in [3.63, 3.8) is 0 Å². The third-order valence-corrected chi connectivity index (χ3v) is 8.94. The SMILES string of the molecule is Cc1ccc(Cn2cc(NC(=O)CC34CC5CC(C3)CC(n3cc(Br)c([N+](=O)[O-])n3)(C5)C4)cn2)cc1. The van der Waals surface area contributed by atoms with Crippen molar-refractivity contribution < 1.29 is 9.72 Å². The maximum atomic E-state index is 13.2. The number of carbonyl (C=O) groups excluding carboxylic acids is 1. The lowest BCUT2D eigenvalue weighted by atomic mass is 9.46. The first-order chi connectivity index (χ1) is 17.2. The Labute approximate surface area is 217 Å². The van der Waals surface area contributed by atoms with Gasteiger partial charge >= 0.3 is 5.82 Å². The molecule has 2 unspecified atom stereocenters. The average Bonchev–Trinajstić information content (AvgIpc) is 3.40. The van der Waals surface area contributed by atoms with Gasteiger partial charge in [-0.15, -0.1) is 0 Å². The van der Waals surface area contributed by atoms with Gasteiger partial charge in [-0.05, 0) is 89.1 Å². The van der Waals surface area contributed by atoms with E-state index in [0.717, 1.165) is 37.7 Å². The van der Waals surface area contributed by atoms with Crippen molar-refractivity contribution in [1.29, 1.82) is 0 Å². The first-order valence-corrected chi connectivity index (χ1v) is 13.3. The highest BCUT2D eigenvalue weighted by molar-refractivity contribution is 9.10. The second-order valence-corrected chi connectivity index (χ2v) is 12.2. The first kappa shape index (κ1) is 23.4. The van der Waals surface area contributed by atoms with Crippen LogP contribution in [-0.2, 0) is 16.9 Å². The largest absolute Gasteiger partial charge is 0.404 e. The van der Waals surface area contributed by atoms with Crippen LogP contribution in [0.4, 0.5) is 11.5 Å². The molecule has 9 nitrogen and oxygen atoms in total. The van der Waals surface area contributed by atoms with Crippen LogP contribution in [0.1, 0.15) is 56.1 Å². The third-order valence-electron chi connectivity index (χ3n) is 8.38. The number of benzene rings is 1. The number of rotatable bonds is 7. The third kappa shape index (κ3) is 4.25. The number of aryl methyl sites for hydroxylation is 1. The zero-order chi connectivity index (χ0) is 25.1. The lowest BCUT2D eigenvalue weighted by Crippen LogP contribution is -2.57. The molecule has 4 bridgehead atoms. The fourth-order valence-electron chi connectivity index (χ4n) is 7.53. The number of anilines is 1. The summed E-state index contributed by atoms with van der Waals surface area (Å²) in [6, 6.07) is 8.34. The summed E-state index contributed by atoms with van der Waals surface area (Å²) in [5.41, 5.74) is 2.74. The van der Waals surface area contributed by atoms with Crippen LogP contribution >= 0.6 is 15.9 Å². The lowest BCUT2D eigenvalue weighted by Gasteiger charge is -2.61. The number of carbonyl (C=O) groups is 1. The van der Waals surface area contributed by atoms with E-state index in [1.807, 2.05) is 15.6 Å². The van der Waals surface area contributed by atoms with Crippen LogP contribution in [0.2, 0.25) is 0 Å². The van der Waals surface area contributed by atoms with Crippen molar-refractivity contribution >= 4 is 33.3 Å². The van der Waals surface area contributed by atoms with Crippen molar-refractivity contribution in [3.8, 4) is 0 Å². The minimum atomic E-state index is -0.441. The van der Waals surface area contributed by atoms with Gasteiger partial charge in [0.05, 0.1) is 35.3 Å². The van der Waals surface area contributed by atoms with E-state index in [2.05, 4.69) is 62.6 Å². The second kappa shape index (κ2) is 8.54. The number of hydrogen-bond donors (Lipinski definition) is 1. The van der Waals surface area contributed by atoms with E-state index >= 15 is 0 Å². The molecule has 4 saturated carbocycles. The Kier molecular flexibility index (Phi) is 5.55. The predicted octanol–water partition coefficient (Wildman–Crippen LogP) is 5.43. The summed E-state index contributed by atoms with van der Waals surface area (Å²) in [7, 11) is 0. The zero-order valence-electron chi connectivity index (χ0n) is 20.2. The van der Waals surface area contributed by atoms with Crippen LogP contribution in [0, 0.1) is 34.3 Å². The number of hydrogen-bond acceptors (Lipinski definition) is 5. The molecule has 1 aromatic carbocycles. The number of nitro groups is 1. The fraction of sp³-hybridized carbons (Fsp3) is 0.500. The van der Waals surface area contributed by atoms with Crippen LogP contribution in [-0.4, -0.2) is 30.4 Å². The monoisotopic (exact) mass is 552 g/mol. The quantitative estimate of drug-likeness (QED) is 0.310. The molecule has 7 rings (SSSR count). The topological polar surface area (TPSA) is 108 Å². The molecule has 10 heteroatoms. The molecule has 0 spiro atoms. The molecule has 1 N–H and O–H groups in total. The highest BCUT2D eigenvalue weighted by atomic mass is 79.9. The van der Waals surface area contributed by atoms with E-state index in [1.54, 1.807) is 12.4 Å². The Morgan fingerprint density at radius 3 is 2.58 bits per heavy atom. The minimum Gasteiger partial charge on any atom is -0.358 e. The van der Waals surface area contributed by atoms with Crippen molar-refractivity contribution in [2.45, 2.75) is 64.0 Å². The molecule has 2 aromatic heterocycles. The molecule has 2 atom stereocenters. The van der Waals surface area contributed by atoms with Gasteiger partial charge in [0.25, 0.3) is 0 Å². The maximum absolute atomic E-state index is 13.2. The summed E-state index contributed by atoms with van der Waals surface area (Å²) in [5, 5.41) is 23.3. The van der Waals surface area contributed by atoms with Crippen molar-refractivity contribution in [2.24, 2.45) is 17.3 Å². The van der Waals surface area contributed by atoms with Crippen LogP contribution < -0.4 is 5.32 Å². The Morgan fingerprint density at radius 1 is 1.19 bits per heavy atom. The summed E-state index contributed by atoms with van der Waals surface area (Å²) in [5.74, 6) is 0.923. The average molecular weight is 553 g/mol. The summed E-state index contributed by atoms with van der Waals surface area (Å²) >= 11 is 3.32. The van der Waals surface area contributed by atoms with E-state index in [0.29, 0.717) is 35.0 Å². The Morgan fingerprint density at radius 2 is 1.92 bits per heavy atom. The van der Waals surface area contributed by atoms with Gasteiger partial charge in [-0.2, -0.15) is 9.78 Å². The van der Waals surface area contributed by atoms with E-state index in [1.165, 1.54) is 12.0 Å². The standard InChI is InChI=1S/C26H29BrN6O3/c1-17-2-4-18(5-3-17)13-31-14-21(12-28-31)29-23(34)11-25-7-19-6-20(8-25)10-26(9-19,16-25)32-15-22(27)24(30-32)33(35)36/h2-5,12,14-15,19-20H,6-11,13,16H2,1H3,(H,29,34). The molecule has 2 heterocycles. The summed E-state index contributed by atoms with van der Waals surface area (Å²) in [6.45, 7) is 2.71. The van der Waals surface area contributed by atoms with Crippen LogP contribution in [0.3, 0.4) is 0 Å². The Bertz CT molecular complexity index is 1320. The van der Waals surface area contributed by atoms with E-state index in [4.69, 9.17) is 0 Å². The van der Waals surface area contributed by atoms with Gasteiger partial charge in [0.1, 0.15) is 4.47 Å². The predicted molar refractivity (Wildman–Crippen MR) is 137 cm³/mol. The number of nitrogens with one attached hydrogen (secondary N) is 1. The van der Waals surface area contributed by atoms with Gasteiger partial charge < -0.3 is 15.4 Å². The zero-order valence-corrected chi connectivity index (χ0v) is 21.8. The van der Waals surface area contributed by atoms with Crippen molar-refractivity contribution in [3.05, 3.63) is 68.6 Å². The van der Waals surface area contributed by atoms with Crippen LogP contribution in [0.5, 0.6) is 0 Å². The van der Waals surface area contributed by atoms with Gasteiger partial charge in [-0.25, -0.2) is 0 Å². The maximum Gasteiger partial charge on any atom is 0.404 e. The molecule has 4 fully saturated rings. The lowest BCUT2D eigenvalue weighted by molar-refractivity contribution is -0.390. The van der Waals surface area contributed by atoms with Crippen molar-refractivity contribution in [1.82, 2.24) is 19.6 Å². The smallest absolute Gasteiger partial charge is 0.358 e. The van der Waals surface area contributed by atoms with Crippen molar-refractivity contribution in [2.75, 3.05) is 5.32 Å². The van der Waals surface area contributed by atoms with Crippen LogP contribution in [0.25, 0.3) is 0 Å². The molecular weight excluding hydrogens is 524 g/mol. The molecule has 36 heavy (non-hydrogen) atoms. The Balaban J connectivity index is 1.16. The molecular formula is C26H29BrN6O3. The Hall–Kier alpha value is -3.01. The second-order valence-electron chi connectivity index (χ2n) is 11.3. The molecule has 0 saturated heterocycles. The fourth-order valence-corrected chi connectivity index (χ4v) is 7.95. The number of nitrogens with zero attached hydrogens (tertiary/aromatic N) is 5. The number of aromatic nitrogens is 4. The summed E-state index contributed by atoms with van der Waals surface area (Å²) in [6.07, 6.45) is 11.8. The van der Waals surface area contributed by atoms with Gasteiger partial charge in [-0.3, -0.25) is 9.48 Å². The first-order valence-electron chi connectivity index (χ1n) is 12.5. The molecule has 3 aromatic rings. The summed E-state index contributed by atoms with van der Waals surface area (Å²) in [4.78, 5) is 24.2. The van der Waals surface area contributed by atoms with Crippen LogP contribution in [0.15, 0.2) is 47.3 Å². The molecule has 4 aliphatic carbocycles. The normalized spacial score (nSPS) is 28.4. The minimum absolute atomic E-state index is 0.00890. The van der Waals surface area contributed by atoms with E-state index in [-0.39, 0.29) is 22.7 Å². The highest BCUT2D eigenvalue weighted by Gasteiger charge is 2.60. The molecule has 188 valence electrons. The van der Waals surface area contributed by atoms with E-state index in [9.17, 15) is 14.9 Å². The van der Waals surface area contributed by atoms with Gasteiger partial charge in [-0.1, -0.05) is 29.8 Å². The summed E-state index contributed by atoms with van der Waals surface area (Å²) < 4.78 is 4.09.